The Kier molecular flexibility index (Phi) is 5.35. The van der Waals surface area contributed by atoms with Crippen molar-refractivity contribution in [3.8, 4) is 11.8 Å². The molecular formula is C17H21FN2O. The second-order valence-electron chi connectivity index (χ2n) is 5.34. The lowest BCUT2D eigenvalue weighted by atomic mass is 9.94. The fourth-order valence-corrected chi connectivity index (χ4v) is 2.67. The van der Waals surface area contributed by atoms with Gasteiger partial charge in [-0.3, -0.25) is 4.79 Å². The van der Waals surface area contributed by atoms with Gasteiger partial charge in [-0.15, -0.1) is 0 Å². The minimum Gasteiger partial charge on any atom is -0.339 e. The standard InChI is InChI=1S/C17H21FN2O/c1-2-13-7-10-20(11-8-13)17(21)16-6-5-15(18)12-14(16)4-3-9-19/h5-6,12-13H,2,7-11,19H2,1H3. The molecule has 1 aliphatic rings. The first-order valence-corrected chi connectivity index (χ1v) is 7.43. The average Bonchev–Trinajstić information content (AvgIpc) is 2.52. The number of carbonyl (C=O) groups is 1. The molecule has 112 valence electrons. The monoisotopic (exact) mass is 288 g/mol. The lowest BCUT2D eigenvalue weighted by molar-refractivity contribution is 0.0688. The van der Waals surface area contributed by atoms with Crippen LogP contribution >= 0.6 is 0 Å². The molecule has 0 spiro atoms. The van der Waals surface area contributed by atoms with Crippen LogP contribution in [-0.2, 0) is 0 Å². The Morgan fingerprint density at radius 2 is 2.14 bits per heavy atom. The third-order valence-electron chi connectivity index (χ3n) is 4.02. The molecule has 0 unspecified atom stereocenters. The number of amides is 1. The predicted octanol–water partition coefficient (Wildman–Crippen LogP) is 2.40. The van der Waals surface area contributed by atoms with E-state index < -0.39 is 5.82 Å². The van der Waals surface area contributed by atoms with Crippen molar-refractivity contribution in [1.29, 1.82) is 0 Å². The molecule has 3 nitrogen and oxygen atoms in total. The van der Waals surface area contributed by atoms with Crippen molar-refractivity contribution < 1.29 is 9.18 Å². The Balaban J connectivity index is 2.19. The molecule has 0 bridgehead atoms. The summed E-state index contributed by atoms with van der Waals surface area (Å²) in [7, 11) is 0. The summed E-state index contributed by atoms with van der Waals surface area (Å²) in [5, 5.41) is 0. The third kappa shape index (κ3) is 3.83. The van der Waals surface area contributed by atoms with Crippen molar-refractivity contribution in [2.45, 2.75) is 26.2 Å². The zero-order valence-electron chi connectivity index (χ0n) is 12.4. The first-order chi connectivity index (χ1) is 10.2. The molecule has 2 N–H and O–H groups in total. The highest BCUT2D eigenvalue weighted by Crippen LogP contribution is 2.22. The highest BCUT2D eigenvalue weighted by molar-refractivity contribution is 5.96. The zero-order valence-corrected chi connectivity index (χ0v) is 12.4. The Bertz CT molecular complexity index is 566. The van der Waals surface area contributed by atoms with Crippen molar-refractivity contribution in [3.63, 3.8) is 0 Å². The number of benzene rings is 1. The lowest BCUT2D eigenvalue weighted by Gasteiger charge is -2.31. The van der Waals surface area contributed by atoms with E-state index in [1.807, 2.05) is 4.90 Å². The van der Waals surface area contributed by atoms with Crippen LogP contribution in [0.4, 0.5) is 4.39 Å². The Morgan fingerprint density at radius 1 is 1.43 bits per heavy atom. The van der Waals surface area contributed by atoms with Crippen molar-refractivity contribution >= 4 is 5.91 Å². The molecule has 2 rings (SSSR count). The Morgan fingerprint density at radius 3 is 2.76 bits per heavy atom. The molecular weight excluding hydrogens is 267 g/mol. The fourth-order valence-electron chi connectivity index (χ4n) is 2.67. The molecule has 0 aromatic heterocycles. The van der Waals surface area contributed by atoms with Gasteiger partial charge in [0.25, 0.3) is 5.91 Å². The smallest absolute Gasteiger partial charge is 0.255 e. The molecule has 0 radical (unpaired) electrons. The number of nitrogens with two attached hydrogens (primary N) is 1. The molecule has 1 fully saturated rings. The molecule has 0 aliphatic carbocycles. The second-order valence-corrected chi connectivity index (χ2v) is 5.34. The van der Waals surface area contributed by atoms with E-state index in [0.29, 0.717) is 17.0 Å². The predicted molar refractivity (Wildman–Crippen MR) is 81.3 cm³/mol. The van der Waals surface area contributed by atoms with Gasteiger partial charge < -0.3 is 10.6 Å². The van der Waals surface area contributed by atoms with Gasteiger partial charge in [0.1, 0.15) is 5.82 Å². The van der Waals surface area contributed by atoms with Crippen LogP contribution in [0.3, 0.4) is 0 Å². The molecule has 1 heterocycles. The summed E-state index contributed by atoms with van der Waals surface area (Å²) in [6.07, 6.45) is 3.23. The second kappa shape index (κ2) is 7.24. The molecule has 1 aliphatic heterocycles. The van der Waals surface area contributed by atoms with Crippen LogP contribution in [0.2, 0.25) is 0 Å². The maximum atomic E-state index is 13.4. The van der Waals surface area contributed by atoms with Crippen molar-refractivity contribution in [3.05, 3.63) is 35.1 Å². The number of rotatable bonds is 2. The quantitative estimate of drug-likeness (QED) is 0.849. The summed E-state index contributed by atoms with van der Waals surface area (Å²) < 4.78 is 13.4. The maximum absolute atomic E-state index is 13.4. The van der Waals surface area contributed by atoms with E-state index in [1.165, 1.54) is 18.2 Å². The summed E-state index contributed by atoms with van der Waals surface area (Å²) in [6, 6.07) is 4.12. The summed E-state index contributed by atoms with van der Waals surface area (Å²) in [5.41, 5.74) is 6.24. The number of nitrogens with zero attached hydrogens (tertiary/aromatic N) is 1. The summed E-state index contributed by atoms with van der Waals surface area (Å²) in [6.45, 7) is 3.89. The number of likely N-dealkylation sites (tertiary alicyclic amines) is 1. The summed E-state index contributed by atoms with van der Waals surface area (Å²) in [4.78, 5) is 14.4. The first kappa shape index (κ1) is 15.5. The van der Waals surface area contributed by atoms with Crippen LogP contribution in [0, 0.1) is 23.6 Å². The molecule has 1 aromatic carbocycles. The van der Waals surface area contributed by atoms with Gasteiger partial charge in [-0.25, -0.2) is 4.39 Å². The molecule has 4 heteroatoms. The van der Waals surface area contributed by atoms with E-state index >= 15 is 0 Å². The Hall–Kier alpha value is -1.86. The van der Waals surface area contributed by atoms with Gasteiger partial charge >= 0.3 is 0 Å². The van der Waals surface area contributed by atoms with Gasteiger partial charge in [0.2, 0.25) is 0 Å². The number of carbonyl (C=O) groups excluding carboxylic acids is 1. The van der Waals surface area contributed by atoms with Gasteiger partial charge in [-0.2, -0.15) is 0 Å². The van der Waals surface area contributed by atoms with E-state index in [0.717, 1.165) is 32.4 Å². The molecule has 1 saturated heterocycles. The lowest BCUT2D eigenvalue weighted by Crippen LogP contribution is -2.38. The van der Waals surface area contributed by atoms with Gasteiger partial charge in [0.15, 0.2) is 0 Å². The SMILES string of the molecule is CCC1CCN(C(=O)c2ccc(F)cc2C#CCN)CC1. The fraction of sp³-hybridized carbons (Fsp3) is 0.471. The van der Waals surface area contributed by atoms with Crippen molar-refractivity contribution in [1.82, 2.24) is 4.90 Å². The topological polar surface area (TPSA) is 46.3 Å². The van der Waals surface area contributed by atoms with E-state index in [1.54, 1.807) is 0 Å². The maximum Gasteiger partial charge on any atom is 0.255 e. The summed E-state index contributed by atoms with van der Waals surface area (Å²) >= 11 is 0. The number of halogens is 1. The van der Waals surface area contributed by atoms with Crippen molar-refractivity contribution in [2.24, 2.45) is 11.7 Å². The third-order valence-corrected chi connectivity index (χ3v) is 4.02. The van der Waals surface area contributed by atoms with Crippen LogP contribution in [0.5, 0.6) is 0 Å². The Labute approximate surface area is 125 Å². The number of hydrogen-bond acceptors (Lipinski definition) is 2. The van der Waals surface area contributed by atoms with E-state index in [9.17, 15) is 9.18 Å². The molecule has 1 amide bonds. The molecule has 0 saturated carbocycles. The summed E-state index contributed by atoms with van der Waals surface area (Å²) in [5.74, 6) is 5.73. The van der Waals surface area contributed by atoms with Gasteiger partial charge in [0.05, 0.1) is 12.1 Å². The number of hydrogen-bond donors (Lipinski definition) is 1. The minimum atomic E-state index is -0.391. The highest BCUT2D eigenvalue weighted by Gasteiger charge is 2.24. The van der Waals surface area contributed by atoms with Gasteiger partial charge in [0, 0.05) is 18.7 Å². The van der Waals surface area contributed by atoms with Crippen LogP contribution in [-0.4, -0.2) is 30.4 Å². The first-order valence-electron chi connectivity index (χ1n) is 7.43. The van der Waals surface area contributed by atoms with Gasteiger partial charge in [-0.1, -0.05) is 25.2 Å². The van der Waals surface area contributed by atoms with E-state index in [4.69, 9.17) is 5.73 Å². The highest BCUT2D eigenvalue weighted by atomic mass is 19.1. The van der Waals surface area contributed by atoms with Crippen LogP contribution in [0.15, 0.2) is 18.2 Å². The van der Waals surface area contributed by atoms with E-state index in [2.05, 4.69) is 18.8 Å². The minimum absolute atomic E-state index is 0.0640. The average molecular weight is 288 g/mol. The van der Waals surface area contributed by atoms with Crippen LogP contribution in [0.1, 0.15) is 42.1 Å². The van der Waals surface area contributed by atoms with Crippen molar-refractivity contribution in [2.75, 3.05) is 19.6 Å². The largest absolute Gasteiger partial charge is 0.339 e. The number of piperidine rings is 1. The van der Waals surface area contributed by atoms with E-state index in [-0.39, 0.29) is 12.5 Å². The van der Waals surface area contributed by atoms with Crippen LogP contribution in [0.25, 0.3) is 0 Å². The zero-order chi connectivity index (χ0) is 15.2. The molecule has 0 atom stereocenters. The van der Waals surface area contributed by atoms with Crippen LogP contribution < -0.4 is 5.73 Å². The molecule has 21 heavy (non-hydrogen) atoms. The van der Waals surface area contributed by atoms with Gasteiger partial charge in [-0.05, 0) is 37.0 Å². The normalized spacial score (nSPS) is 15.5. The molecule has 1 aromatic rings.